The molecule has 0 spiro atoms. The van der Waals surface area contributed by atoms with Crippen molar-refractivity contribution in [2.75, 3.05) is 0 Å². The van der Waals surface area contributed by atoms with Crippen molar-refractivity contribution in [3.8, 4) is 12.5 Å². The Balaban J connectivity index is -0.00000000533. The zero-order valence-electron chi connectivity index (χ0n) is 6.97. The minimum atomic E-state index is 0. The van der Waals surface area contributed by atoms with E-state index in [9.17, 15) is 0 Å². The van der Waals surface area contributed by atoms with Crippen molar-refractivity contribution in [3.05, 3.63) is 0 Å². The van der Waals surface area contributed by atoms with E-state index in [0.717, 1.165) is 12.5 Å². The van der Waals surface area contributed by atoms with Gasteiger partial charge in [-0.3, -0.25) is 0 Å². The maximum absolute atomic E-state index is 7.37. The zero-order valence-corrected chi connectivity index (χ0v) is 13.3. The maximum Gasteiger partial charge on any atom is 1.00 e. The minimum absolute atomic E-state index is 0. The Bertz CT molecular complexity index is 93.2. The summed E-state index contributed by atoms with van der Waals surface area (Å²) >= 11 is 0. The average Bonchev–Trinajstić information content (AvgIpc) is 1.41. The van der Waals surface area contributed by atoms with Crippen molar-refractivity contribution in [3.63, 3.8) is 0 Å². The molecule has 2 radical (unpaired) electrons. The average molecular weight is 266 g/mol. The summed E-state index contributed by atoms with van der Waals surface area (Å²) in [6.07, 6.45) is 2.31. The van der Waals surface area contributed by atoms with Crippen molar-refractivity contribution in [1.82, 2.24) is 0 Å². The molecular weight excluding hydrogens is 264 g/mol. The van der Waals surface area contributed by atoms with Crippen LogP contribution in [0.1, 0.15) is 2.85 Å². The van der Waals surface area contributed by atoms with E-state index in [4.69, 9.17) is 10.5 Å². The predicted molar refractivity (Wildman–Crippen MR) is 14.5 cm³/mol. The van der Waals surface area contributed by atoms with E-state index in [0.29, 0.717) is 0 Å². The number of ether oxygens (including phenoxy) is 1. The molecule has 7 heteroatoms. The second-order valence-corrected chi connectivity index (χ2v) is 0.285. The summed E-state index contributed by atoms with van der Waals surface area (Å²) in [5.41, 5.74) is 0. The summed E-state index contributed by atoms with van der Waals surface area (Å²) in [6, 6.07) is 0. The summed E-state index contributed by atoms with van der Waals surface area (Å²) in [4.78, 5) is 0. The molecule has 0 aliphatic heterocycles. The van der Waals surface area contributed by atoms with Gasteiger partial charge in [0.05, 0.1) is 0 Å². The molecule has 9 heavy (non-hydrogen) atoms. The third-order valence-corrected chi connectivity index (χ3v) is 0.0913. The van der Waals surface area contributed by atoms with Gasteiger partial charge in [0.15, 0.2) is 0 Å². The SMILES string of the molecule is N#COC#N.[Co].[Co].[H-].[H-].[K+].[K+]. The fourth-order valence-corrected chi connectivity index (χ4v) is 0.0204. The molecule has 0 N–H and O–H groups in total. The van der Waals surface area contributed by atoms with E-state index in [-0.39, 0.29) is 139 Å². The third-order valence-electron chi connectivity index (χ3n) is 0.0913. The van der Waals surface area contributed by atoms with Crippen molar-refractivity contribution >= 4 is 0 Å². The van der Waals surface area contributed by atoms with Crippen LogP contribution in [-0.2, 0) is 38.3 Å². The summed E-state index contributed by atoms with van der Waals surface area (Å²) in [6.45, 7) is 0. The Kier molecular flexibility index (Phi) is 100. The summed E-state index contributed by atoms with van der Waals surface area (Å²) < 4.78 is 3.44. The standard InChI is InChI=1S/C2N2O.2Co.2K.2H/c3-1-5-2-4;;;;;;/q;;;2*+1;2*-1. The van der Waals surface area contributed by atoms with Crippen LogP contribution in [0.15, 0.2) is 0 Å². The first-order chi connectivity index (χ1) is 2.41. The molecule has 0 aromatic rings. The van der Waals surface area contributed by atoms with E-state index in [1.54, 1.807) is 0 Å². The Labute approximate surface area is 162 Å². The van der Waals surface area contributed by atoms with Gasteiger partial charge in [0.1, 0.15) is 0 Å². The summed E-state index contributed by atoms with van der Waals surface area (Å²) in [5, 5.41) is 14.7. The first-order valence-electron chi connectivity index (χ1n) is 0.855. The Morgan fingerprint density at radius 2 is 1.22 bits per heavy atom. The minimum Gasteiger partial charge on any atom is -1.00 e. The third kappa shape index (κ3) is 35.4. The summed E-state index contributed by atoms with van der Waals surface area (Å²) in [5.74, 6) is 0. The molecule has 0 rings (SSSR count). The van der Waals surface area contributed by atoms with E-state index in [1.807, 2.05) is 0 Å². The van der Waals surface area contributed by atoms with Gasteiger partial charge in [-0.05, 0) is 0 Å². The molecule has 46 valence electrons. The van der Waals surface area contributed by atoms with Gasteiger partial charge >= 0.3 is 115 Å². The van der Waals surface area contributed by atoms with Crippen LogP contribution in [0.25, 0.3) is 0 Å². The van der Waals surface area contributed by atoms with Crippen molar-refractivity contribution in [2.45, 2.75) is 0 Å². The van der Waals surface area contributed by atoms with Crippen LogP contribution < -0.4 is 103 Å². The van der Waals surface area contributed by atoms with Gasteiger partial charge in [0.25, 0.3) is 0 Å². The molecule has 0 aliphatic carbocycles. The van der Waals surface area contributed by atoms with E-state index < -0.39 is 0 Å². The van der Waals surface area contributed by atoms with Gasteiger partial charge < -0.3 is 7.59 Å². The van der Waals surface area contributed by atoms with E-state index in [1.165, 1.54) is 0 Å². The van der Waals surface area contributed by atoms with Crippen molar-refractivity contribution in [2.24, 2.45) is 0 Å². The quantitative estimate of drug-likeness (QED) is 0.324. The Hall–Kier alpha value is 3.07. The zero-order chi connectivity index (χ0) is 4.12. The monoisotopic (exact) mass is 266 g/mol. The molecule has 0 aromatic heterocycles. The molecule has 3 nitrogen and oxygen atoms in total. The molecule has 0 bridgehead atoms. The van der Waals surface area contributed by atoms with Gasteiger partial charge in [0, 0.05) is 33.6 Å². The molecule has 0 atom stereocenters. The Morgan fingerprint density at radius 3 is 1.22 bits per heavy atom. The van der Waals surface area contributed by atoms with Gasteiger partial charge in [0.2, 0.25) is 0 Å². The molecule has 0 aliphatic rings. The fourth-order valence-electron chi connectivity index (χ4n) is 0.0204. The summed E-state index contributed by atoms with van der Waals surface area (Å²) in [7, 11) is 0. The van der Waals surface area contributed by atoms with Gasteiger partial charge in [-0.2, -0.15) is 0 Å². The predicted octanol–water partition coefficient (Wildman–Crippen LogP) is -5.81. The molecular formula is C2H2Co2K2N2O. The van der Waals surface area contributed by atoms with Gasteiger partial charge in [-0.1, -0.05) is 0 Å². The first-order valence-corrected chi connectivity index (χ1v) is 0.855. The van der Waals surface area contributed by atoms with E-state index >= 15 is 0 Å². The van der Waals surface area contributed by atoms with Crippen LogP contribution in [0, 0.1) is 23.0 Å². The van der Waals surface area contributed by atoms with Crippen LogP contribution in [0.3, 0.4) is 0 Å². The molecule has 0 aromatic carbocycles. The molecule has 0 amide bonds. The number of nitriles is 2. The molecule has 0 saturated carbocycles. The van der Waals surface area contributed by atoms with Crippen LogP contribution in [0.4, 0.5) is 0 Å². The molecule has 0 unspecified atom stereocenters. The molecule has 0 heterocycles. The van der Waals surface area contributed by atoms with Crippen molar-refractivity contribution < 1.29 is 144 Å². The fraction of sp³-hybridized carbons (Fsp3) is 0. The number of hydrogen-bond donors (Lipinski definition) is 0. The normalized spacial score (nSPS) is 2.00. The first kappa shape index (κ1) is 29.6. The van der Waals surface area contributed by atoms with Gasteiger partial charge in [-0.15, -0.1) is 10.5 Å². The smallest absolute Gasteiger partial charge is 1.00 e. The number of nitrogens with zero attached hydrogens (tertiary/aromatic N) is 2. The van der Waals surface area contributed by atoms with Crippen LogP contribution >= 0.6 is 0 Å². The van der Waals surface area contributed by atoms with Crippen molar-refractivity contribution in [1.29, 1.82) is 10.5 Å². The van der Waals surface area contributed by atoms with Crippen LogP contribution in [0.2, 0.25) is 0 Å². The largest absolute Gasteiger partial charge is 1.00 e. The number of rotatable bonds is 0. The topological polar surface area (TPSA) is 56.8 Å². The van der Waals surface area contributed by atoms with Crippen LogP contribution in [0.5, 0.6) is 0 Å². The second-order valence-electron chi connectivity index (χ2n) is 0.285. The van der Waals surface area contributed by atoms with Gasteiger partial charge in [-0.25, -0.2) is 0 Å². The molecule has 0 fully saturated rings. The second kappa shape index (κ2) is 30.5. The van der Waals surface area contributed by atoms with Crippen LogP contribution in [-0.4, -0.2) is 0 Å². The Morgan fingerprint density at radius 1 is 1.00 bits per heavy atom. The maximum atomic E-state index is 7.37. The molecule has 0 saturated heterocycles. The number of hydrogen-bond acceptors (Lipinski definition) is 3. The van der Waals surface area contributed by atoms with E-state index in [2.05, 4.69) is 4.74 Å².